The van der Waals surface area contributed by atoms with Crippen molar-refractivity contribution in [3.8, 4) is 0 Å². The van der Waals surface area contributed by atoms with Crippen molar-refractivity contribution in [2.75, 3.05) is 12.3 Å². The number of aromatic nitrogens is 1. The molecule has 2 N–H and O–H groups in total. The van der Waals surface area contributed by atoms with Crippen LogP contribution >= 0.6 is 0 Å². The Balaban J connectivity index is 2.38. The van der Waals surface area contributed by atoms with Crippen LogP contribution in [0.5, 0.6) is 0 Å². The molecule has 112 valence electrons. The van der Waals surface area contributed by atoms with Gasteiger partial charge in [0.15, 0.2) is 0 Å². The van der Waals surface area contributed by atoms with Gasteiger partial charge in [-0.3, -0.25) is 4.98 Å². The SMILES string of the molecule is CCN(Cc1ccncc1)S(=O)(=O)c1cccc(N)c1C. The molecule has 0 radical (unpaired) electrons. The third-order valence-electron chi connectivity index (χ3n) is 3.40. The number of nitrogens with zero attached hydrogens (tertiary/aromatic N) is 2. The van der Waals surface area contributed by atoms with Crippen LogP contribution in [-0.2, 0) is 16.6 Å². The lowest BCUT2D eigenvalue weighted by Crippen LogP contribution is -2.31. The molecule has 0 aliphatic heterocycles. The van der Waals surface area contributed by atoms with Crippen LogP contribution in [0.2, 0.25) is 0 Å². The lowest BCUT2D eigenvalue weighted by molar-refractivity contribution is 0.423. The van der Waals surface area contributed by atoms with Crippen molar-refractivity contribution in [2.24, 2.45) is 0 Å². The Bertz CT molecular complexity index is 715. The number of rotatable bonds is 5. The average molecular weight is 305 g/mol. The summed E-state index contributed by atoms with van der Waals surface area (Å²) in [6.07, 6.45) is 3.31. The second-order valence-corrected chi connectivity index (χ2v) is 6.66. The molecule has 2 aromatic rings. The van der Waals surface area contributed by atoms with E-state index in [1.165, 1.54) is 4.31 Å². The fourth-order valence-corrected chi connectivity index (χ4v) is 3.80. The number of hydrogen-bond acceptors (Lipinski definition) is 4. The van der Waals surface area contributed by atoms with E-state index in [0.717, 1.165) is 5.56 Å². The Hall–Kier alpha value is -1.92. The zero-order valence-corrected chi connectivity index (χ0v) is 13.0. The maximum absolute atomic E-state index is 12.8. The third-order valence-corrected chi connectivity index (χ3v) is 5.47. The van der Waals surface area contributed by atoms with Gasteiger partial charge in [0.25, 0.3) is 0 Å². The minimum absolute atomic E-state index is 0.262. The van der Waals surface area contributed by atoms with Crippen LogP contribution in [0.1, 0.15) is 18.1 Å². The first-order chi connectivity index (χ1) is 9.96. The Morgan fingerprint density at radius 1 is 1.19 bits per heavy atom. The van der Waals surface area contributed by atoms with Crippen LogP contribution in [0.15, 0.2) is 47.6 Å². The van der Waals surface area contributed by atoms with Crippen molar-refractivity contribution in [3.05, 3.63) is 53.9 Å². The number of pyridine rings is 1. The van der Waals surface area contributed by atoms with Gasteiger partial charge >= 0.3 is 0 Å². The summed E-state index contributed by atoms with van der Waals surface area (Å²) in [7, 11) is -3.57. The zero-order valence-electron chi connectivity index (χ0n) is 12.2. The van der Waals surface area contributed by atoms with Gasteiger partial charge in [0.05, 0.1) is 4.90 Å². The van der Waals surface area contributed by atoms with Gasteiger partial charge in [-0.2, -0.15) is 4.31 Å². The maximum atomic E-state index is 12.8. The van der Waals surface area contributed by atoms with E-state index in [1.54, 1.807) is 37.5 Å². The highest BCUT2D eigenvalue weighted by atomic mass is 32.2. The molecular weight excluding hydrogens is 286 g/mol. The largest absolute Gasteiger partial charge is 0.398 e. The summed E-state index contributed by atoms with van der Waals surface area (Å²) in [5.41, 5.74) is 7.79. The van der Waals surface area contributed by atoms with Crippen LogP contribution in [-0.4, -0.2) is 24.3 Å². The van der Waals surface area contributed by atoms with Crippen LogP contribution in [0, 0.1) is 6.92 Å². The first-order valence-corrected chi connectivity index (χ1v) is 8.15. The van der Waals surface area contributed by atoms with Gasteiger partial charge in [-0.1, -0.05) is 13.0 Å². The third kappa shape index (κ3) is 3.22. The number of benzene rings is 1. The van der Waals surface area contributed by atoms with Gasteiger partial charge in [-0.05, 0) is 42.3 Å². The van der Waals surface area contributed by atoms with Crippen molar-refractivity contribution >= 4 is 15.7 Å². The molecule has 0 amide bonds. The fourth-order valence-electron chi connectivity index (χ4n) is 2.11. The predicted octanol–water partition coefficient (Wildman–Crippen LogP) is 2.18. The summed E-state index contributed by atoms with van der Waals surface area (Å²) in [5.74, 6) is 0. The molecule has 0 unspecified atom stereocenters. The van der Waals surface area contributed by atoms with Crippen molar-refractivity contribution in [2.45, 2.75) is 25.3 Å². The van der Waals surface area contributed by atoms with Gasteiger partial charge in [-0.15, -0.1) is 0 Å². The molecule has 0 bridgehead atoms. The highest BCUT2D eigenvalue weighted by Crippen LogP contribution is 2.24. The van der Waals surface area contributed by atoms with E-state index in [2.05, 4.69) is 4.98 Å². The first-order valence-electron chi connectivity index (χ1n) is 6.71. The molecule has 0 saturated carbocycles. The van der Waals surface area contributed by atoms with E-state index in [4.69, 9.17) is 5.73 Å². The average Bonchev–Trinajstić information content (AvgIpc) is 2.48. The quantitative estimate of drug-likeness (QED) is 0.859. The molecule has 21 heavy (non-hydrogen) atoms. The molecular formula is C15H19N3O2S. The minimum Gasteiger partial charge on any atom is -0.398 e. The van der Waals surface area contributed by atoms with Crippen LogP contribution < -0.4 is 5.73 Å². The van der Waals surface area contributed by atoms with Gasteiger partial charge in [-0.25, -0.2) is 8.42 Å². The molecule has 1 aromatic carbocycles. The highest BCUT2D eigenvalue weighted by molar-refractivity contribution is 7.89. The number of nitrogen functional groups attached to an aromatic ring is 1. The number of nitrogens with two attached hydrogens (primary N) is 1. The molecule has 0 aliphatic carbocycles. The Labute approximate surface area is 125 Å². The topological polar surface area (TPSA) is 76.3 Å². The smallest absolute Gasteiger partial charge is 0.243 e. The normalized spacial score (nSPS) is 11.8. The fraction of sp³-hybridized carbons (Fsp3) is 0.267. The van der Waals surface area contributed by atoms with Crippen LogP contribution in [0.3, 0.4) is 0 Å². The van der Waals surface area contributed by atoms with Crippen molar-refractivity contribution in [1.29, 1.82) is 0 Å². The highest BCUT2D eigenvalue weighted by Gasteiger charge is 2.25. The molecule has 0 fully saturated rings. The molecule has 0 aliphatic rings. The minimum atomic E-state index is -3.57. The van der Waals surface area contributed by atoms with Crippen molar-refractivity contribution in [1.82, 2.24) is 9.29 Å². The number of sulfonamides is 1. The summed E-state index contributed by atoms with van der Waals surface area (Å²) in [4.78, 5) is 4.20. The second-order valence-electron chi connectivity index (χ2n) is 4.76. The predicted molar refractivity (Wildman–Crippen MR) is 83.1 cm³/mol. The first kappa shape index (κ1) is 15.5. The number of anilines is 1. The maximum Gasteiger partial charge on any atom is 0.243 e. The summed E-state index contributed by atoms with van der Waals surface area (Å²) in [6.45, 7) is 4.25. The summed E-state index contributed by atoms with van der Waals surface area (Å²) in [5, 5.41) is 0. The molecule has 1 aromatic heterocycles. The summed E-state index contributed by atoms with van der Waals surface area (Å²) in [6, 6.07) is 8.58. The number of hydrogen-bond donors (Lipinski definition) is 1. The van der Waals surface area contributed by atoms with Crippen LogP contribution in [0.4, 0.5) is 5.69 Å². The van der Waals surface area contributed by atoms with Crippen LogP contribution in [0.25, 0.3) is 0 Å². The van der Waals surface area contributed by atoms with Crippen molar-refractivity contribution in [3.63, 3.8) is 0 Å². The molecule has 0 spiro atoms. The van der Waals surface area contributed by atoms with E-state index < -0.39 is 10.0 Å². The molecule has 0 atom stereocenters. The lowest BCUT2D eigenvalue weighted by Gasteiger charge is -2.22. The van der Waals surface area contributed by atoms with E-state index in [0.29, 0.717) is 24.3 Å². The van der Waals surface area contributed by atoms with Gasteiger partial charge in [0.1, 0.15) is 0 Å². The molecule has 0 saturated heterocycles. The van der Waals surface area contributed by atoms with E-state index in [9.17, 15) is 8.42 Å². The Morgan fingerprint density at radius 3 is 2.48 bits per heavy atom. The van der Waals surface area contributed by atoms with Gasteiger partial charge < -0.3 is 5.73 Å². The molecule has 6 heteroatoms. The van der Waals surface area contributed by atoms with E-state index >= 15 is 0 Å². The van der Waals surface area contributed by atoms with Gasteiger partial charge in [0, 0.05) is 31.2 Å². The van der Waals surface area contributed by atoms with Crippen molar-refractivity contribution < 1.29 is 8.42 Å². The Kier molecular flexibility index (Phi) is 4.59. The molecule has 2 rings (SSSR count). The Morgan fingerprint density at radius 2 is 1.86 bits per heavy atom. The van der Waals surface area contributed by atoms with Gasteiger partial charge in [0.2, 0.25) is 10.0 Å². The van der Waals surface area contributed by atoms with E-state index in [1.807, 2.05) is 19.1 Å². The standard InChI is InChI=1S/C15H19N3O2S/c1-3-18(11-13-7-9-17-10-8-13)21(19,20)15-6-4-5-14(16)12(15)2/h4-10H,3,11,16H2,1-2H3. The lowest BCUT2D eigenvalue weighted by atomic mass is 10.2. The summed E-state index contributed by atoms with van der Waals surface area (Å²) >= 11 is 0. The molecule has 5 nitrogen and oxygen atoms in total. The molecule has 1 heterocycles. The second kappa shape index (κ2) is 6.24. The zero-order chi connectivity index (χ0) is 15.5. The van der Waals surface area contributed by atoms with E-state index in [-0.39, 0.29) is 4.90 Å². The summed E-state index contributed by atoms with van der Waals surface area (Å²) < 4.78 is 27.0. The monoisotopic (exact) mass is 305 g/mol.